The molecule has 16 heavy (non-hydrogen) atoms. The molecule has 3 nitrogen and oxygen atoms in total. The molecule has 0 amide bonds. The lowest BCUT2D eigenvalue weighted by molar-refractivity contribution is 0.274. The molecule has 88 valence electrons. The first-order chi connectivity index (χ1) is 7.45. The number of hydrogen-bond donors (Lipinski definition) is 1. The van der Waals surface area contributed by atoms with Gasteiger partial charge in [0.05, 0.1) is 5.25 Å². The summed E-state index contributed by atoms with van der Waals surface area (Å²) in [6, 6.07) is 7.85. The maximum Gasteiger partial charge on any atom is 0.151 e. The van der Waals surface area contributed by atoms with E-state index in [2.05, 4.69) is 0 Å². The SMILES string of the molecule is Cc1ccc([C@@H]2[C@H](CO)[C@@H]2S(C)(=O)=O)cc1. The first-order valence-corrected chi connectivity index (χ1v) is 7.27. The fourth-order valence-electron chi connectivity index (χ4n) is 2.37. The molecule has 0 radical (unpaired) electrons. The molecule has 0 unspecified atom stereocenters. The van der Waals surface area contributed by atoms with Crippen molar-refractivity contribution in [1.82, 2.24) is 0 Å². The molecule has 0 saturated heterocycles. The largest absolute Gasteiger partial charge is 0.396 e. The van der Waals surface area contributed by atoms with Crippen LogP contribution >= 0.6 is 0 Å². The highest BCUT2D eigenvalue weighted by molar-refractivity contribution is 7.91. The predicted octanol–water partition coefficient (Wildman–Crippen LogP) is 1.11. The number of rotatable bonds is 3. The van der Waals surface area contributed by atoms with Crippen molar-refractivity contribution < 1.29 is 13.5 Å². The number of aryl methyl sites for hydroxylation is 1. The van der Waals surface area contributed by atoms with Crippen LogP contribution in [-0.4, -0.2) is 31.6 Å². The van der Waals surface area contributed by atoms with Crippen molar-refractivity contribution in [3.63, 3.8) is 0 Å². The number of aliphatic hydroxyl groups is 1. The minimum absolute atomic E-state index is 0.0272. The van der Waals surface area contributed by atoms with Gasteiger partial charge in [0.1, 0.15) is 0 Å². The molecule has 1 aromatic rings. The van der Waals surface area contributed by atoms with Gasteiger partial charge in [-0.25, -0.2) is 8.42 Å². The summed E-state index contributed by atoms with van der Waals surface area (Å²) < 4.78 is 23.0. The van der Waals surface area contributed by atoms with Gasteiger partial charge in [-0.15, -0.1) is 0 Å². The molecule has 1 fully saturated rings. The van der Waals surface area contributed by atoms with E-state index in [-0.39, 0.29) is 18.4 Å². The second kappa shape index (κ2) is 3.86. The van der Waals surface area contributed by atoms with Crippen LogP contribution in [0.1, 0.15) is 17.0 Å². The summed E-state index contributed by atoms with van der Waals surface area (Å²) in [6.07, 6.45) is 1.24. The fourth-order valence-corrected chi connectivity index (χ4v) is 4.06. The van der Waals surface area contributed by atoms with Gasteiger partial charge in [0, 0.05) is 24.7 Å². The predicted molar refractivity (Wildman–Crippen MR) is 63.1 cm³/mol. The van der Waals surface area contributed by atoms with Gasteiger partial charge >= 0.3 is 0 Å². The zero-order valence-electron chi connectivity index (χ0n) is 9.42. The normalized spacial score (nSPS) is 29.1. The molecule has 0 aliphatic heterocycles. The number of sulfone groups is 1. The average Bonchev–Trinajstić information content (AvgIpc) is 2.92. The first-order valence-electron chi connectivity index (χ1n) is 5.31. The van der Waals surface area contributed by atoms with Gasteiger partial charge in [-0.3, -0.25) is 0 Å². The van der Waals surface area contributed by atoms with Crippen LogP contribution in [0.5, 0.6) is 0 Å². The zero-order valence-corrected chi connectivity index (χ0v) is 10.2. The maximum atomic E-state index is 11.5. The summed E-state index contributed by atoms with van der Waals surface area (Å²) in [5, 5.41) is 8.76. The lowest BCUT2D eigenvalue weighted by Crippen LogP contribution is -2.08. The lowest BCUT2D eigenvalue weighted by Gasteiger charge is -2.00. The summed E-state index contributed by atoms with van der Waals surface area (Å²) >= 11 is 0. The van der Waals surface area contributed by atoms with Crippen molar-refractivity contribution in [2.75, 3.05) is 12.9 Å². The molecular weight excluding hydrogens is 224 g/mol. The Bertz CT molecular complexity index is 475. The molecule has 1 saturated carbocycles. The van der Waals surface area contributed by atoms with Crippen LogP contribution in [0.15, 0.2) is 24.3 Å². The maximum absolute atomic E-state index is 11.5. The van der Waals surface area contributed by atoms with Crippen molar-refractivity contribution in [1.29, 1.82) is 0 Å². The average molecular weight is 240 g/mol. The Morgan fingerprint density at radius 3 is 2.19 bits per heavy atom. The molecule has 4 heteroatoms. The third kappa shape index (κ3) is 1.99. The molecule has 2 rings (SSSR count). The van der Waals surface area contributed by atoms with Gasteiger partial charge in [-0.05, 0) is 12.5 Å². The highest BCUT2D eigenvalue weighted by Gasteiger charge is 2.56. The van der Waals surface area contributed by atoms with Crippen LogP contribution < -0.4 is 0 Å². The van der Waals surface area contributed by atoms with Gasteiger partial charge in [0.15, 0.2) is 9.84 Å². The van der Waals surface area contributed by atoms with E-state index in [1.165, 1.54) is 6.26 Å². The molecule has 3 atom stereocenters. The third-order valence-electron chi connectivity index (χ3n) is 3.26. The molecule has 0 spiro atoms. The molecule has 1 aromatic carbocycles. The highest BCUT2D eigenvalue weighted by atomic mass is 32.2. The molecule has 0 aromatic heterocycles. The minimum Gasteiger partial charge on any atom is -0.396 e. The van der Waals surface area contributed by atoms with E-state index in [1.807, 2.05) is 31.2 Å². The topological polar surface area (TPSA) is 54.4 Å². The van der Waals surface area contributed by atoms with Gasteiger partial charge < -0.3 is 5.11 Å². The van der Waals surface area contributed by atoms with Crippen molar-refractivity contribution in [2.24, 2.45) is 5.92 Å². The standard InChI is InChI=1S/C12H16O3S/c1-8-3-5-9(6-4-8)11-10(7-13)12(11)16(2,14)15/h3-6,10-13H,7H2,1-2H3/t10-,11+,12-/m0/s1. The van der Waals surface area contributed by atoms with E-state index in [0.29, 0.717) is 0 Å². The summed E-state index contributed by atoms with van der Waals surface area (Å²) in [5.74, 6) is -0.154. The van der Waals surface area contributed by atoms with E-state index in [0.717, 1.165) is 11.1 Å². The molecule has 0 heterocycles. The van der Waals surface area contributed by atoms with E-state index in [9.17, 15) is 8.42 Å². The van der Waals surface area contributed by atoms with Crippen LogP contribution in [0.2, 0.25) is 0 Å². The van der Waals surface area contributed by atoms with Gasteiger partial charge in [0.2, 0.25) is 0 Å². The Kier molecular flexibility index (Phi) is 2.80. The van der Waals surface area contributed by atoms with Crippen LogP contribution in [0.4, 0.5) is 0 Å². The van der Waals surface area contributed by atoms with Crippen molar-refractivity contribution in [3.8, 4) is 0 Å². The van der Waals surface area contributed by atoms with Crippen molar-refractivity contribution in [3.05, 3.63) is 35.4 Å². The number of aliphatic hydroxyl groups excluding tert-OH is 1. The van der Waals surface area contributed by atoms with E-state index < -0.39 is 15.1 Å². The van der Waals surface area contributed by atoms with Gasteiger partial charge in [-0.1, -0.05) is 29.8 Å². The second-order valence-electron chi connectivity index (χ2n) is 4.58. The van der Waals surface area contributed by atoms with Crippen LogP contribution in [0.3, 0.4) is 0 Å². The summed E-state index contributed by atoms with van der Waals surface area (Å²) in [7, 11) is -3.06. The summed E-state index contributed by atoms with van der Waals surface area (Å²) in [5.41, 5.74) is 2.17. The monoisotopic (exact) mass is 240 g/mol. The minimum atomic E-state index is -3.06. The van der Waals surface area contributed by atoms with Crippen molar-refractivity contribution in [2.45, 2.75) is 18.1 Å². The first kappa shape index (κ1) is 11.6. The van der Waals surface area contributed by atoms with E-state index >= 15 is 0 Å². The molecule has 1 aliphatic rings. The molecule has 0 bridgehead atoms. The second-order valence-corrected chi connectivity index (χ2v) is 6.78. The Balaban J connectivity index is 2.27. The smallest absolute Gasteiger partial charge is 0.151 e. The highest BCUT2D eigenvalue weighted by Crippen LogP contribution is 2.51. The van der Waals surface area contributed by atoms with Gasteiger partial charge in [-0.2, -0.15) is 0 Å². The van der Waals surface area contributed by atoms with Crippen LogP contribution in [0, 0.1) is 12.8 Å². The van der Waals surface area contributed by atoms with Crippen LogP contribution in [-0.2, 0) is 9.84 Å². The van der Waals surface area contributed by atoms with E-state index in [4.69, 9.17) is 5.11 Å². The Morgan fingerprint density at radius 2 is 1.81 bits per heavy atom. The Labute approximate surface area is 96.0 Å². The Hall–Kier alpha value is -0.870. The Morgan fingerprint density at radius 1 is 1.25 bits per heavy atom. The van der Waals surface area contributed by atoms with Gasteiger partial charge in [0.25, 0.3) is 0 Å². The zero-order chi connectivity index (χ0) is 11.9. The van der Waals surface area contributed by atoms with E-state index in [1.54, 1.807) is 0 Å². The summed E-state index contributed by atoms with van der Waals surface area (Å²) in [4.78, 5) is 0. The molecular formula is C12H16O3S. The molecule has 1 N–H and O–H groups in total. The lowest BCUT2D eigenvalue weighted by atomic mass is 10.1. The van der Waals surface area contributed by atoms with Crippen molar-refractivity contribution >= 4 is 9.84 Å². The quantitative estimate of drug-likeness (QED) is 0.861. The number of hydrogen-bond acceptors (Lipinski definition) is 3. The third-order valence-corrected chi connectivity index (χ3v) is 4.90. The number of benzene rings is 1. The molecule has 1 aliphatic carbocycles. The fraction of sp³-hybridized carbons (Fsp3) is 0.500. The van der Waals surface area contributed by atoms with Crippen LogP contribution in [0.25, 0.3) is 0 Å². The summed E-state index contributed by atoms with van der Waals surface area (Å²) in [6.45, 7) is 1.94.